The van der Waals surface area contributed by atoms with E-state index in [-0.39, 0.29) is 11.8 Å². The van der Waals surface area contributed by atoms with Crippen molar-refractivity contribution in [1.29, 1.82) is 0 Å². The Kier molecular flexibility index (Phi) is 4.69. The highest BCUT2D eigenvalue weighted by atomic mass is 16.5. The average molecular weight is 352 g/mol. The maximum Gasteiger partial charge on any atom is 0.251 e. The van der Waals surface area contributed by atoms with Crippen molar-refractivity contribution >= 4 is 11.8 Å². The molecule has 2 fully saturated rings. The molecule has 2 heterocycles. The number of carbonyl (C=O) groups is 2. The maximum absolute atomic E-state index is 12.3. The summed E-state index contributed by atoms with van der Waals surface area (Å²) in [6, 6.07) is 18.4. The molecule has 2 aromatic rings. The van der Waals surface area contributed by atoms with E-state index in [2.05, 4.69) is 10.6 Å². The second-order valence-corrected chi connectivity index (χ2v) is 6.50. The molecule has 2 N–H and O–H groups in total. The third-order valence-electron chi connectivity index (χ3n) is 4.72. The van der Waals surface area contributed by atoms with E-state index in [1.54, 1.807) is 0 Å². The van der Waals surface area contributed by atoms with E-state index in [1.807, 2.05) is 60.7 Å². The van der Waals surface area contributed by atoms with E-state index in [0.29, 0.717) is 13.2 Å². The van der Waals surface area contributed by atoms with Gasteiger partial charge in [0.25, 0.3) is 11.8 Å². The van der Waals surface area contributed by atoms with Crippen molar-refractivity contribution in [2.45, 2.75) is 37.5 Å². The van der Waals surface area contributed by atoms with E-state index < -0.39 is 24.3 Å². The monoisotopic (exact) mass is 352 g/mol. The lowest BCUT2D eigenvalue weighted by Gasteiger charge is -2.17. The van der Waals surface area contributed by atoms with Gasteiger partial charge in [0.05, 0.1) is 25.3 Å². The average Bonchev–Trinajstić information content (AvgIpc) is 3.13. The summed E-state index contributed by atoms with van der Waals surface area (Å²) in [7, 11) is 0. The standard InChI is InChI=1S/C20H20N2O4/c23-19-17(25-11-13-7-3-1-4-8-13)15-16(22-19)18(20(24)21-15)26-12-14-9-5-2-6-10-14/h1-10,15-18H,11-12H2,(H,21,24)(H,22,23)/t15-,16-,17+,18+/m1/s1. The van der Waals surface area contributed by atoms with Crippen molar-refractivity contribution in [2.24, 2.45) is 0 Å². The summed E-state index contributed by atoms with van der Waals surface area (Å²) in [5.41, 5.74) is 1.95. The fourth-order valence-corrected chi connectivity index (χ4v) is 3.41. The number of amides is 2. The maximum atomic E-state index is 12.3. The quantitative estimate of drug-likeness (QED) is 0.818. The molecule has 0 radical (unpaired) electrons. The smallest absolute Gasteiger partial charge is 0.251 e. The molecule has 0 aliphatic carbocycles. The first-order chi connectivity index (χ1) is 12.7. The number of benzene rings is 2. The Balaban J connectivity index is 1.39. The van der Waals surface area contributed by atoms with Gasteiger partial charge < -0.3 is 20.1 Å². The van der Waals surface area contributed by atoms with Crippen molar-refractivity contribution in [3.05, 3.63) is 71.8 Å². The molecule has 26 heavy (non-hydrogen) atoms. The fourth-order valence-electron chi connectivity index (χ4n) is 3.41. The Morgan fingerprint density at radius 1 is 0.654 bits per heavy atom. The Morgan fingerprint density at radius 3 is 1.42 bits per heavy atom. The largest absolute Gasteiger partial charge is 0.361 e. The molecular formula is C20H20N2O4. The second-order valence-electron chi connectivity index (χ2n) is 6.50. The van der Waals surface area contributed by atoms with E-state index in [0.717, 1.165) is 11.1 Å². The minimum Gasteiger partial charge on any atom is -0.361 e. The van der Waals surface area contributed by atoms with Gasteiger partial charge in [-0.3, -0.25) is 9.59 Å². The van der Waals surface area contributed by atoms with Gasteiger partial charge in [0.1, 0.15) is 0 Å². The molecule has 4 rings (SSSR count). The molecule has 0 spiro atoms. The summed E-state index contributed by atoms with van der Waals surface area (Å²) >= 11 is 0. The first-order valence-corrected chi connectivity index (χ1v) is 8.64. The lowest BCUT2D eigenvalue weighted by molar-refractivity contribution is -0.135. The molecule has 2 amide bonds. The highest BCUT2D eigenvalue weighted by Gasteiger charge is 2.54. The van der Waals surface area contributed by atoms with Crippen LogP contribution < -0.4 is 10.6 Å². The number of fused-ring (bicyclic) bond motifs is 1. The van der Waals surface area contributed by atoms with Gasteiger partial charge in [-0.25, -0.2) is 0 Å². The van der Waals surface area contributed by atoms with Gasteiger partial charge in [0, 0.05) is 0 Å². The van der Waals surface area contributed by atoms with Crippen LogP contribution in [-0.2, 0) is 32.3 Å². The number of rotatable bonds is 6. The summed E-state index contributed by atoms with van der Waals surface area (Å²) < 4.78 is 11.6. The van der Waals surface area contributed by atoms with Gasteiger partial charge in [-0.1, -0.05) is 60.7 Å². The topological polar surface area (TPSA) is 76.7 Å². The summed E-state index contributed by atoms with van der Waals surface area (Å²) in [4.78, 5) is 24.6. The van der Waals surface area contributed by atoms with Gasteiger partial charge >= 0.3 is 0 Å². The molecular weight excluding hydrogens is 332 g/mol. The van der Waals surface area contributed by atoms with Crippen molar-refractivity contribution in [1.82, 2.24) is 10.6 Å². The van der Waals surface area contributed by atoms with Gasteiger partial charge in [-0.05, 0) is 11.1 Å². The lowest BCUT2D eigenvalue weighted by Crippen LogP contribution is -2.41. The molecule has 6 heteroatoms. The molecule has 0 unspecified atom stereocenters. The Bertz CT molecular complexity index is 713. The number of carbonyl (C=O) groups excluding carboxylic acids is 2. The van der Waals surface area contributed by atoms with Crippen LogP contribution in [0.5, 0.6) is 0 Å². The van der Waals surface area contributed by atoms with Crippen molar-refractivity contribution in [3.8, 4) is 0 Å². The van der Waals surface area contributed by atoms with Crippen molar-refractivity contribution < 1.29 is 19.1 Å². The van der Waals surface area contributed by atoms with Crippen molar-refractivity contribution in [2.75, 3.05) is 0 Å². The minimum atomic E-state index is -0.713. The molecule has 0 bridgehead atoms. The second kappa shape index (κ2) is 7.27. The van der Waals surface area contributed by atoms with Crippen LogP contribution in [0.2, 0.25) is 0 Å². The molecule has 2 saturated heterocycles. The predicted octanol–water partition coefficient (Wildman–Crippen LogP) is 1.15. The number of ether oxygens (including phenoxy) is 2. The predicted molar refractivity (Wildman–Crippen MR) is 93.9 cm³/mol. The fraction of sp³-hybridized carbons (Fsp3) is 0.300. The molecule has 4 atom stereocenters. The van der Waals surface area contributed by atoms with Gasteiger partial charge in [-0.2, -0.15) is 0 Å². The summed E-state index contributed by atoms with van der Waals surface area (Å²) in [6.45, 7) is 0.626. The Morgan fingerprint density at radius 2 is 1.04 bits per heavy atom. The molecule has 0 aromatic heterocycles. The van der Waals surface area contributed by atoms with Crippen molar-refractivity contribution in [3.63, 3.8) is 0 Å². The normalized spacial score (nSPS) is 27.1. The summed E-state index contributed by atoms with van der Waals surface area (Å²) in [5, 5.41) is 5.69. The summed E-state index contributed by atoms with van der Waals surface area (Å²) in [6.07, 6.45) is -1.43. The highest BCUT2D eigenvalue weighted by Crippen LogP contribution is 2.25. The van der Waals surface area contributed by atoms with Crippen LogP contribution in [0.25, 0.3) is 0 Å². The lowest BCUT2D eigenvalue weighted by atomic mass is 10.1. The van der Waals surface area contributed by atoms with Crippen LogP contribution in [0.3, 0.4) is 0 Å². The summed E-state index contributed by atoms with van der Waals surface area (Å²) in [5.74, 6) is -0.437. The molecule has 2 aliphatic rings. The molecule has 6 nitrogen and oxygen atoms in total. The number of nitrogens with one attached hydrogen (secondary N) is 2. The zero-order valence-corrected chi connectivity index (χ0v) is 14.1. The molecule has 2 aliphatic heterocycles. The Hall–Kier alpha value is -2.70. The van der Waals surface area contributed by atoms with E-state index in [4.69, 9.17) is 9.47 Å². The van der Waals surface area contributed by atoms with E-state index in [1.165, 1.54) is 0 Å². The van der Waals surface area contributed by atoms with Crippen LogP contribution in [-0.4, -0.2) is 36.1 Å². The van der Waals surface area contributed by atoms with Crippen LogP contribution >= 0.6 is 0 Å². The van der Waals surface area contributed by atoms with Crippen LogP contribution in [0.4, 0.5) is 0 Å². The van der Waals surface area contributed by atoms with Gasteiger partial charge in [0.2, 0.25) is 0 Å². The minimum absolute atomic E-state index is 0.218. The zero-order chi connectivity index (χ0) is 17.9. The molecule has 0 saturated carbocycles. The van der Waals surface area contributed by atoms with Gasteiger partial charge in [-0.15, -0.1) is 0 Å². The van der Waals surface area contributed by atoms with Gasteiger partial charge in [0.15, 0.2) is 12.2 Å². The number of hydrogen-bond acceptors (Lipinski definition) is 4. The molecule has 2 aromatic carbocycles. The van der Waals surface area contributed by atoms with E-state index in [9.17, 15) is 9.59 Å². The van der Waals surface area contributed by atoms with Crippen LogP contribution in [0, 0.1) is 0 Å². The zero-order valence-electron chi connectivity index (χ0n) is 14.1. The number of hydrogen-bond donors (Lipinski definition) is 2. The SMILES string of the molecule is O=C1N[C@@H]2[C@@H](NC(=O)[C@H]2OCc2ccccc2)[C@@H]1OCc1ccccc1. The first kappa shape index (κ1) is 16.8. The third kappa shape index (κ3) is 3.34. The highest BCUT2D eigenvalue weighted by molar-refractivity contribution is 5.93. The Labute approximate surface area is 151 Å². The molecule has 134 valence electrons. The van der Waals surface area contributed by atoms with Crippen LogP contribution in [0.1, 0.15) is 11.1 Å². The first-order valence-electron chi connectivity index (χ1n) is 8.64. The third-order valence-corrected chi connectivity index (χ3v) is 4.72. The van der Waals surface area contributed by atoms with E-state index >= 15 is 0 Å². The van der Waals surface area contributed by atoms with Crippen LogP contribution in [0.15, 0.2) is 60.7 Å².